The normalized spacial score (nSPS) is 12.2. The molecule has 0 saturated heterocycles. The van der Waals surface area contributed by atoms with E-state index < -0.39 is 11.7 Å². The van der Waals surface area contributed by atoms with Gasteiger partial charge >= 0.3 is 6.09 Å². The average Bonchev–Trinajstić information content (AvgIpc) is 3.07. The molecule has 1 aromatic carbocycles. The minimum absolute atomic E-state index is 0.349. The van der Waals surface area contributed by atoms with Gasteiger partial charge in [-0.25, -0.2) is 9.50 Å². The largest absolute Gasteiger partial charge is 0.728 e. The topological polar surface area (TPSA) is 99.8 Å². The first-order valence-corrected chi connectivity index (χ1v) is 11.7. The summed E-state index contributed by atoms with van der Waals surface area (Å²) in [5, 5.41) is 5.48. The lowest BCUT2D eigenvalue weighted by atomic mass is 10.0. The molecule has 0 saturated carbocycles. The van der Waals surface area contributed by atoms with Crippen LogP contribution in [0, 0.1) is 15.6 Å². The molecule has 9 heteroatoms. The molecule has 0 spiro atoms. The molecule has 4 rings (SSSR count). The quantitative estimate of drug-likeness (QED) is 0.249. The zero-order chi connectivity index (χ0) is 24.5. The fourth-order valence-electron chi connectivity index (χ4n) is 3.60. The summed E-state index contributed by atoms with van der Waals surface area (Å²) in [4.78, 5) is 24.7. The number of nitrogens with zero attached hydrogens (tertiary/aromatic N) is 5. The summed E-state index contributed by atoms with van der Waals surface area (Å²) in [6.07, 6.45) is 4.70. The third kappa shape index (κ3) is 4.87. The molecular weight excluding hydrogens is 543 g/mol. The van der Waals surface area contributed by atoms with Gasteiger partial charge in [-0.3, -0.25) is 4.98 Å². The van der Waals surface area contributed by atoms with Crippen LogP contribution in [0.15, 0.2) is 55.5 Å². The third-order valence-corrected chi connectivity index (χ3v) is 6.24. The smallest absolute Gasteiger partial charge is 0.392 e. The molecule has 0 bridgehead atoms. The molecule has 8 nitrogen and oxygen atoms in total. The number of allylic oxidation sites excluding steroid dienone is 1. The minimum Gasteiger partial charge on any atom is -0.392 e. The van der Waals surface area contributed by atoms with E-state index in [9.17, 15) is 4.79 Å². The fraction of sp³-hybridized carbons (Fsp3) is 0.240. The van der Waals surface area contributed by atoms with Crippen LogP contribution in [0.3, 0.4) is 0 Å². The number of anilines is 1. The lowest BCUT2D eigenvalue weighted by Gasteiger charge is -2.12. The van der Waals surface area contributed by atoms with Gasteiger partial charge in [0.2, 0.25) is 0 Å². The summed E-state index contributed by atoms with van der Waals surface area (Å²) in [6.45, 7) is 9.24. The molecule has 4 aromatic rings. The first-order valence-electron chi connectivity index (χ1n) is 10.6. The number of amides is 1. The predicted octanol–water partition coefficient (Wildman–Crippen LogP) is 5.74. The molecule has 2 N–H and O–H groups in total. The Morgan fingerprint density at radius 3 is 2.85 bits per heavy atom. The molecular formula is C25H24IN6O2+. The van der Waals surface area contributed by atoms with Gasteiger partial charge in [-0.1, -0.05) is 24.3 Å². The van der Waals surface area contributed by atoms with Crippen LogP contribution in [0.4, 0.5) is 10.6 Å². The molecule has 0 fully saturated rings. The van der Waals surface area contributed by atoms with Crippen molar-refractivity contribution in [2.75, 3.05) is 5.73 Å². The van der Waals surface area contributed by atoms with Gasteiger partial charge in [0.15, 0.2) is 5.82 Å². The van der Waals surface area contributed by atoms with E-state index in [4.69, 9.17) is 10.5 Å². The average molecular weight is 567 g/mol. The standard InChI is InChI=1S/C25H24IN6O2/c1-5-15(12-29-24(33)34-25(2,3)4)10-19-21(26)20(22-23(27)30-14-31-32(19)22)17-11-16-8-6-7-9-18(16)28-13-17/h5-9,11,13-15H,1,10H2,2-4H3,(H2,27,30,31)/q+1. The van der Waals surface area contributed by atoms with Gasteiger partial charge in [0, 0.05) is 32.7 Å². The molecule has 1 atom stereocenters. The number of carbonyl (C=O) groups is 1. The summed E-state index contributed by atoms with van der Waals surface area (Å²) in [7, 11) is 0. The van der Waals surface area contributed by atoms with Crippen molar-refractivity contribution in [1.29, 1.82) is 0 Å². The predicted molar refractivity (Wildman–Crippen MR) is 142 cm³/mol. The SMILES string of the molecule is C=CC(C#[N+]C(=O)OC(C)(C)C)Cc1c(I)c(-c2cnc3ccccc3c2)c2c(N)ncnn12. The monoisotopic (exact) mass is 567 g/mol. The van der Waals surface area contributed by atoms with Gasteiger partial charge in [-0.05, 0) is 55.5 Å². The van der Waals surface area contributed by atoms with Crippen molar-refractivity contribution in [3.8, 4) is 17.2 Å². The molecule has 0 aliphatic rings. The number of hydrogen-bond acceptors (Lipinski definition) is 6. The first-order chi connectivity index (χ1) is 16.2. The molecule has 1 amide bonds. The highest BCUT2D eigenvalue weighted by Crippen LogP contribution is 2.37. The van der Waals surface area contributed by atoms with Crippen molar-refractivity contribution < 1.29 is 9.53 Å². The van der Waals surface area contributed by atoms with Crippen molar-refractivity contribution in [2.45, 2.75) is 32.8 Å². The maximum absolute atomic E-state index is 12.0. The van der Waals surface area contributed by atoms with Gasteiger partial charge in [0.05, 0.1) is 16.1 Å². The highest BCUT2D eigenvalue weighted by molar-refractivity contribution is 14.1. The summed E-state index contributed by atoms with van der Waals surface area (Å²) in [6, 6.07) is 12.9. The highest BCUT2D eigenvalue weighted by Gasteiger charge is 2.26. The first kappa shape index (κ1) is 23.6. The fourth-order valence-corrected chi connectivity index (χ4v) is 4.62. The van der Waals surface area contributed by atoms with E-state index in [2.05, 4.69) is 61.2 Å². The second-order valence-electron chi connectivity index (χ2n) is 8.73. The number of pyridine rings is 1. The maximum Gasteiger partial charge on any atom is 0.728 e. The number of halogens is 1. The Labute approximate surface area is 210 Å². The van der Waals surface area contributed by atoms with Crippen molar-refractivity contribution >= 4 is 50.9 Å². The van der Waals surface area contributed by atoms with E-state index in [1.165, 1.54) is 6.33 Å². The Morgan fingerprint density at radius 2 is 2.12 bits per heavy atom. The zero-order valence-electron chi connectivity index (χ0n) is 19.1. The summed E-state index contributed by atoms with van der Waals surface area (Å²) < 4.78 is 7.97. The Bertz CT molecular complexity index is 1480. The van der Waals surface area contributed by atoms with E-state index >= 15 is 0 Å². The minimum atomic E-state index is -0.691. The number of nitrogens with two attached hydrogens (primary N) is 1. The number of nitrogen functional groups attached to an aromatic ring is 1. The molecule has 3 heterocycles. The lowest BCUT2D eigenvalue weighted by molar-refractivity contribution is 0.0664. The Hall–Kier alpha value is -3.52. The van der Waals surface area contributed by atoms with Gasteiger partial charge in [0.25, 0.3) is 6.07 Å². The van der Waals surface area contributed by atoms with E-state index in [0.29, 0.717) is 17.8 Å². The number of ether oxygens (including phenoxy) is 1. The van der Waals surface area contributed by atoms with E-state index in [0.717, 1.165) is 31.3 Å². The lowest BCUT2D eigenvalue weighted by Crippen LogP contribution is -2.21. The summed E-state index contributed by atoms with van der Waals surface area (Å²) >= 11 is 2.29. The van der Waals surface area contributed by atoms with Crippen molar-refractivity contribution in [3.05, 3.63) is 69.6 Å². The Balaban J connectivity index is 1.78. The maximum atomic E-state index is 12.0. The molecule has 3 aromatic heterocycles. The molecule has 172 valence electrons. The number of aromatic nitrogens is 4. The van der Waals surface area contributed by atoms with Crippen LogP contribution >= 0.6 is 22.6 Å². The van der Waals surface area contributed by atoms with Gasteiger partial charge in [0.1, 0.15) is 23.4 Å². The highest BCUT2D eigenvalue weighted by atomic mass is 127. The number of rotatable bonds is 4. The van der Waals surface area contributed by atoms with Crippen LogP contribution in [-0.4, -0.2) is 31.3 Å². The van der Waals surface area contributed by atoms with E-state index in [1.807, 2.05) is 30.5 Å². The van der Waals surface area contributed by atoms with Crippen molar-refractivity contribution in [1.82, 2.24) is 19.6 Å². The Morgan fingerprint density at radius 1 is 1.35 bits per heavy atom. The van der Waals surface area contributed by atoms with Crippen LogP contribution in [0.1, 0.15) is 26.5 Å². The molecule has 0 aliphatic heterocycles. The summed E-state index contributed by atoms with van der Waals surface area (Å²) in [5.74, 6) is 0.0155. The number of benzene rings is 1. The van der Waals surface area contributed by atoms with Gasteiger partial charge in [-0.2, -0.15) is 9.89 Å². The third-order valence-electron chi connectivity index (χ3n) is 5.08. The molecule has 34 heavy (non-hydrogen) atoms. The van der Waals surface area contributed by atoms with Crippen molar-refractivity contribution in [2.24, 2.45) is 5.92 Å². The van der Waals surface area contributed by atoms with Crippen molar-refractivity contribution in [3.63, 3.8) is 0 Å². The van der Waals surface area contributed by atoms with Crippen LogP contribution < -0.4 is 5.73 Å². The zero-order valence-corrected chi connectivity index (χ0v) is 21.3. The van der Waals surface area contributed by atoms with Gasteiger partial charge < -0.3 is 10.5 Å². The molecule has 0 radical (unpaired) electrons. The van der Waals surface area contributed by atoms with Crippen LogP contribution in [0.25, 0.3) is 32.4 Å². The van der Waals surface area contributed by atoms with Crippen LogP contribution in [0.5, 0.6) is 0 Å². The second kappa shape index (κ2) is 9.38. The van der Waals surface area contributed by atoms with Gasteiger partial charge in [-0.15, -0.1) is 6.58 Å². The van der Waals surface area contributed by atoms with E-state index in [-0.39, 0.29) is 5.92 Å². The number of fused-ring (bicyclic) bond motifs is 2. The number of carbonyl (C=O) groups excluding carboxylic acids is 1. The Kier molecular flexibility index (Phi) is 6.52. The molecule has 0 aliphatic carbocycles. The van der Waals surface area contributed by atoms with E-state index in [1.54, 1.807) is 31.4 Å². The molecule has 1 unspecified atom stereocenters. The number of para-hydroxylation sites is 1. The number of hydrogen-bond donors (Lipinski definition) is 1. The summed E-state index contributed by atoms with van der Waals surface area (Å²) in [5.41, 5.74) is 9.97. The van der Waals surface area contributed by atoms with Crippen LogP contribution in [-0.2, 0) is 11.2 Å². The van der Waals surface area contributed by atoms with Crippen LogP contribution in [0.2, 0.25) is 0 Å². The second-order valence-corrected chi connectivity index (χ2v) is 9.80.